The maximum Gasteiger partial charge on any atom is 0.337 e. The fourth-order valence-electron chi connectivity index (χ4n) is 5.58. The van der Waals surface area contributed by atoms with Crippen LogP contribution in [-0.4, -0.2) is 40.9 Å². The van der Waals surface area contributed by atoms with Crippen molar-refractivity contribution in [2.75, 3.05) is 18.0 Å². The van der Waals surface area contributed by atoms with Gasteiger partial charge in [0.15, 0.2) is 6.10 Å². The summed E-state index contributed by atoms with van der Waals surface area (Å²) in [7, 11) is 0. The second-order valence-electron chi connectivity index (χ2n) is 13.3. The van der Waals surface area contributed by atoms with Gasteiger partial charge in [-0.25, -0.2) is 4.79 Å². The van der Waals surface area contributed by atoms with Gasteiger partial charge < -0.3 is 19.5 Å². The molecule has 1 fully saturated rings. The predicted octanol–water partition coefficient (Wildman–Crippen LogP) is 8.39. The lowest BCUT2D eigenvalue weighted by atomic mass is 9.81. The number of pyridine rings is 1. The molecule has 6 heteroatoms. The number of carboxylic acids is 1. The van der Waals surface area contributed by atoms with E-state index in [1.807, 2.05) is 60.6 Å². The normalized spacial score (nSPS) is 16.1. The van der Waals surface area contributed by atoms with E-state index in [0.29, 0.717) is 11.3 Å². The summed E-state index contributed by atoms with van der Waals surface area (Å²) in [4.78, 5) is 20.0. The van der Waals surface area contributed by atoms with Crippen LogP contribution in [0.15, 0.2) is 48.5 Å². The molecule has 1 aromatic heterocycles. The highest BCUT2D eigenvalue weighted by Crippen LogP contribution is 2.45. The zero-order valence-corrected chi connectivity index (χ0v) is 26.2. The van der Waals surface area contributed by atoms with Crippen LogP contribution in [0.2, 0.25) is 0 Å². The first kappa shape index (κ1) is 30.6. The smallest absolute Gasteiger partial charge is 0.337 e. The highest BCUT2D eigenvalue weighted by atomic mass is 16.5. The summed E-state index contributed by atoms with van der Waals surface area (Å²) in [5.41, 5.74) is 6.97. The first-order valence-corrected chi connectivity index (χ1v) is 14.7. The molecule has 2 heterocycles. The molecule has 1 atom stereocenters. The third-order valence-electron chi connectivity index (χ3n) is 7.70. The lowest BCUT2D eigenvalue weighted by Gasteiger charge is -2.41. The molecule has 0 spiro atoms. The zero-order chi connectivity index (χ0) is 30.1. The number of hydrogen-bond donors (Lipinski definition) is 1. The Morgan fingerprint density at radius 2 is 1.41 bits per heavy atom. The number of carbonyl (C=O) groups is 1. The monoisotopic (exact) mass is 558 g/mol. The van der Waals surface area contributed by atoms with E-state index in [4.69, 9.17) is 14.5 Å². The Kier molecular flexibility index (Phi) is 8.84. The minimum atomic E-state index is -1.13. The van der Waals surface area contributed by atoms with E-state index in [-0.39, 0.29) is 11.5 Å². The van der Waals surface area contributed by atoms with Gasteiger partial charge in [-0.15, -0.1) is 0 Å². The Hall–Kier alpha value is -3.38. The Labute approximate surface area is 245 Å². The average molecular weight is 559 g/mol. The van der Waals surface area contributed by atoms with Gasteiger partial charge in [0.2, 0.25) is 0 Å². The number of hydrogen-bond acceptors (Lipinski definition) is 5. The van der Waals surface area contributed by atoms with E-state index < -0.39 is 17.7 Å². The minimum absolute atomic E-state index is 0.131. The molecule has 4 rings (SSSR count). The van der Waals surface area contributed by atoms with Gasteiger partial charge in [0.25, 0.3) is 0 Å². The Balaban J connectivity index is 1.83. The number of ether oxygens (including phenoxy) is 2. The molecule has 1 aliphatic rings. The van der Waals surface area contributed by atoms with Crippen LogP contribution in [-0.2, 0) is 9.53 Å². The molecule has 6 nitrogen and oxygen atoms in total. The van der Waals surface area contributed by atoms with E-state index in [0.717, 1.165) is 65.3 Å². The van der Waals surface area contributed by atoms with Crippen molar-refractivity contribution in [3.8, 4) is 28.0 Å². The Morgan fingerprint density at radius 1 is 0.902 bits per heavy atom. The molecule has 1 aliphatic heterocycles. The minimum Gasteiger partial charge on any atom is -0.491 e. The molecule has 3 aromatic rings. The van der Waals surface area contributed by atoms with Gasteiger partial charge in [-0.2, -0.15) is 0 Å². The summed E-state index contributed by atoms with van der Waals surface area (Å²) in [6, 6.07) is 16.6. The van der Waals surface area contributed by atoms with Crippen molar-refractivity contribution in [3.05, 3.63) is 65.5 Å². The topological polar surface area (TPSA) is 71.9 Å². The number of piperidine rings is 1. The van der Waals surface area contributed by atoms with Crippen molar-refractivity contribution in [3.63, 3.8) is 0 Å². The Bertz CT molecular complexity index is 1360. The summed E-state index contributed by atoms with van der Waals surface area (Å²) in [5, 5.41) is 10.4. The van der Waals surface area contributed by atoms with E-state index in [1.54, 1.807) is 0 Å². The van der Waals surface area contributed by atoms with Crippen molar-refractivity contribution in [2.24, 2.45) is 5.41 Å². The highest BCUT2D eigenvalue weighted by molar-refractivity contribution is 5.88. The SMILES string of the molecule is Cc1nc(C)c([C@H](OC(C)(C)C)C(=O)O)c(N2CCC(C)(C)CC2)c1-c1ccc(-c2ccc(OC(C)C)cc2)cc1. The lowest BCUT2D eigenvalue weighted by Crippen LogP contribution is -2.39. The molecule has 0 aliphatic carbocycles. The van der Waals surface area contributed by atoms with E-state index in [1.165, 1.54) is 0 Å². The van der Waals surface area contributed by atoms with Crippen LogP contribution in [0.4, 0.5) is 5.69 Å². The van der Waals surface area contributed by atoms with Crippen molar-refractivity contribution in [2.45, 2.75) is 93.0 Å². The molecular formula is C35H46N2O4. The second-order valence-corrected chi connectivity index (χ2v) is 13.3. The van der Waals surface area contributed by atoms with Crippen LogP contribution in [0.5, 0.6) is 5.75 Å². The number of anilines is 1. The van der Waals surface area contributed by atoms with Gasteiger partial charge in [0.1, 0.15) is 5.75 Å². The first-order valence-electron chi connectivity index (χ1n) is 14.7. The highest BCUT2D eigenvalue weighted by Gasteiger charge is 2.36. The molecule has 0 saturated carbocycles. The number of aliphatic carboxylic acids is 1. The van der Waals surface area contributed by atoms with E-state index in [2.05, 4.69) is 55.1 Å². The van der Waals surface area contributed by atoms with Crippen LogP contribution in [0.25, 0.3) is 22.3 Å². The quantitative estimate of drug-likeness (QED) is 0.299. The third-order valence-corrected chi connectivity index (χ3v) is 7.70. The van der Waals surface area contributed by atoms with Crippen LogP contribution < -0.4 is 9.64 Å². The van der Waals surface area contributed by atoms with Gasteiger partial charge in [-0.1, -0.05) is 50.2 Å². The molecular weight excluding hydrogens is 512 g/mol. The van der Waals surface area contributed by atoms with Crippen LogP contribution in [0, 0.1) is 19.3 Å². The molecule has 1 N–H and O–H groups in total. The zero-order valence-electron chi connectivity index (χ0n) is 26.2. The second kappa shape index (κ2) is 11.8. The fraction of sp³-hybridized carbons (Fsp3) is 0.486. The van der Waals surface area contributed by atoms with Crippen molar-refractivity contribution < 1.29 is 19.4 Å². The summed E-state index contributed by atoms with van der Waals surface area (Å²) < 4.78 is 12.0. The molecule has 0 amide bonds. The third kappa shape index (κ3) is 7.28. The molecule has 2 aromatic carbocycles. The number of benzene rings is 2. The molecule has 1 saturated heterocycles. The van der Waals surface area contributed by atoms with Crippen LogP contribution in [0.1, 0.15) is 84.4 Å². The Morgan fingerprint density at radius 3 is 1.90 bits per heavy atom. The van der Waals surface area contributed by atoms with Crippen LogP contribution >= 0.6 is 0 Å². The molecule has 0 unspecified atom stereocenters. The average Bonchev–Trinajstić information content (AvgIpc) is 2.87. The van der Waals surface area contributed by atoms with E-state index >= 15 is 0 Å². The summed E-state index contributed by atoms with van der Waals surface area (Å²) in [6.45, 7) is 19.9. The van der Waals surface area contributed by atoms with Gasteiger partial charge in [-0.05, 0) is 95.5 Å². The maximum atomic E-state index is 12.7. The van der Waals surface area contributed by atoms with Gasteiger partial charge in [0.05, 0.1) is 17.4 Å². The molecule has 41 heavy (non-hydrogen) atoms. The molecule has 220 valence electrons. The summed E-state index contributed by atoms with van der Waals surface area (Å²) in [5.74, 6) is -0.146. The predicted molar refractivity (Wildman–Crippen MR) is 167 cm³/mol. The van der Waals surface area contributed by atoms with E-state index in [9.17, 15) is 9.90 Å². The van der Waals surface area contributed by atoms with Gasteiger partial charge in [-0.3, -0.25) is 4.98 Å². The van der Waals surface area contributed by atoms with Crippen LogP contribution in [0.3, 0.4) is 0 Å². The number of rotatable bonds is 8. The summed E-state index contributed by atoms with van der Waals surface area (Å²) in [6.07, 6.45) is 1.06. The maximum absolute atomic E-state index is 12.7. The van der Waals surface area contributed by atoms with Gasteiger partial charge in [0, 0.05) is 35.6 Å². The number of aryl methyl sites for hydroxylation is 2. The lowest BCUT2D eigenvalue weighted by molar-refractivity contribution is -0.160. The van der Waals surface area contributed by atoms with Crippen molar-refractivity contribution in [1.29, 1.82) is 0 Å². The fourth-order valence-corrected chi connectivity index (χ4v) is 5.58. The molecule has 0 bridgehead atoms. The first-order chi connectivity index (χ1) is 19.1. The largest absolute Gasteiger partial charge is 0.491 e. The number of nitrogens with zero attached hydrogens (tertiary/aromatic N) is 2. The standard InChI is InChI=1S/C35H46N2O4/c1-22(2)40-28-16-14-26(15-17-28)25-10-12-27(13-11-25)29-23(3)36-24(4)30(32(33(38)39)41-34(5,6)7)31(29)37-20-18-35(8,9)19-21-37/h10-17,22,32H,18-21H2,1-9H3,(H,38,39)/t32-/m0/s1. The van der Waals surface area contributed by atoms with Gasteiger partial charge >= 0.3 is 5.97 Å². The molecule has 0 radical (unpaired) electrons. The summed E-state index contributed by atoms with van der Waals surface area (Å²) >= 11 is 0. The van der Waals surface area contributed by atoms with Crippen molar-refractivity contribution >= 4 is 11.7 Å². The van der Waals surface area contributed by atoms with Crippen molar-refractivity contribution in [1.82, 2.24) is 4.98 Å². The number of aromatic nitrogens is 1. The number of carboxylic acid groups (broad SMARTS) is 1.